The van der Waals surface area contributed by atoms with Crippen LogP contribution >= 0.6 is 11.8 Å². The van der Waals surface area contributed by atoms with Crippen LogP contribution in [0.5, 0.6) is 0 Å². The van der Waals surface area contributed by atoms with Gasteiger partial charge in [-0.3, -0.25) is 19.6 Å². The van der Waals surface area contributed by atoms with Gasteiger partial charge in [0.2, 0.25) is 5.91 Å². The minimum Gasteiger partial charge on any atom is -0.352 e. The van der Waals surface area contributed by atoms with Crippen molar-refractivity contribution in [3.8, 4) is 0 Å². The fraction of sp³-hybridized carbons (Fsp3) is 0.407. The van der Waals surface area contributed by atoms with Crippen molar-refractivity contribution < 1.29 is 9.59 Å². The number of benzene rings is 2. The van der Waals surface area contributed by atoms with E-state index in [1.54, 1.807) is 25.0 Å². The van der Waals surface area contributed by atoms with Gasteiger partial charge in [0.25, 0.3) is 5.91 Å². The average Bonchev–Trinajstić information content (AvgIpc) is 3.00. The highest BCUT2D eigenvalue weighted by Gasteiger charge is 2.30. The zero-order valence-corrected chi connectivity index (χ0v) is 22.2. The molecule has 1 atom stereocenters. The summed E-state index contributed by atoms with van der Waals surface area (Å²) < 4.78 is 0. The van der Waals surface area contributed by atoms with Crippen LogP contribution in [0.4, 0.5) is 5.69 Å². The van der Waals surface area contributed by atoms with Crippen molar-refractivity contribution >= 4 is 41.8 Å². The number of unbranched alkanes of at least 4 members (excludes halogenated alkanes) is 1. The van der Waals surface area contributed by atoms with Gasteiger partial charge in [-0.25, -0.2) is 0 Å². The van der Waals surface area contributed by atoms with Gasteiger partial charge in [-0.05, 0) is 51.1 Å². The summed E-state index contributed by atoms with van der Waals surface area (Å²) in [6.45, 7) is 7.13. The molecule has 2 amide bonds. The molecule has 2 aromatic carbocycles. The van der Waals surface area contributed by atoms with Gasteiger partial charge in [0.05, 0.1) is 18.3 Å². The summed E-state index contributed by atoms with van der Waals surface area (Å²) in [4.78, 5) is 35.9. The van der Waals surface area contributed by atoms with Gasteiger partial charge in [0, 0.05) is 36.0 Å². The van der Waals surface area contributed by atoms with E-state index in [-0.39, 0.29) is 17.9 Å². The van der Waals surface area contributed by atoms with Crippen LogP contribution in [0, 0.1) is 6.92 Å². The molecule has 0 unspecified atom stereocenters. The second kappa shape index (κ2) is 15.1. The number of hydrogen-bond donors (Lipinski definition) is 2. The smallest absolute Gasteiger partial charge is 0.251 e. The highest BCUT2D eigenvalue weighted by molar-refractivity contribution is 7.99. The minimum atomic E-state index is -0.264. The monoisotopic (exact) mass is 495 g/mol. The first-order valence-corrected chi connectivity index (χ1v) is 12.9. The fourth-order valence-electron chi connectivity index (χ4n) is 3.40. The molecule has 0 radical (unpaired) electrons. The summed E-state index contributed by atoms with van der Waals surface area (Å²) in [5.74, 6) is 0.598. The van der Waals surface area contributed by atoms with Crippen molar-refractivity contribution in [2.75, 3.05) is 31.3 Å². The van der Waals surface area contributed by atoms with E-state index < -0.39 is 0 Å². The molecule has 0 saturated carbocycles. The Morgan fingerprint density at radius 3 is 2.57 bits per heavy atom. The molecular weight excluding hydrogens is 458 g/mol. The Morgan fingerprint density at radius 2 is 1.97 bits per heavy atom. The van der Waals surface area contributed by atoms with E-state index in [2.05, 4.69) is 51.8 Å². The van der Waals surface area contributed by atoms with Gasteiger partial charge in [-0.2, -0.15) is 0 Å². The number of amides is 2. The molecule has 1 aliphatic heterocycles. The molecule has 0 aromatic heterocycles. The number of thioether (sulfide) groups is 1. The van der Waals surface area contributed by atoms with Crippen LogP contribution in [0.1, 0.15) is 48.2 Å². The number of aliphatic imine (C=N–C) groups is 2. The molecule has 1 heterocycles. The predicted molar refractivity (Wildman–Crippen MR) is 148 cm³/mol. The standard InChI is InChI=1S/C23H29N3O2S.C4H8N2/c1-4-5-12-25-22(27)18-10-11-21-20(13-18)26(23(28)19(24-3)15-29-21)14-17-8-6-16(2)7-9-17;1-3-6-4-5-2/h6-11,13,19,24H,4-5,12,14-15H2,1-3H3,(H,25,27);3-4H,1-2H3/t19-;/m0./s1. The Morgan fingerprint density at radius 1 is 1.23 bits per heavy atom. The zero-order chi connectivity index (χ0) is 25.6. The second-order valence-electron chi connectivity index (χ2n) is 8.14. The largest absolute Gasteiger partial charge is 0.352 e. The molecular formula is C27H37N5O2S. The third-order valence-electron chi connectivity index (χ3n) is 5.44. The lowest BCUT2D eigenvalue weighted by Gasteiger charge is -2.26. The minimum absolute atomic E-state index is 0.0304. The Labute approximate surface area is 213 Å². The lowest BCUT2D eigenvalue weighted by Crippen LogP contribution is -2.45. The van der Waals surface area contributed by atoms with Crippen molar-refractivity contribution in [3.05, 3.63) is 59.2 Å². The fourth-order valence-corrected chi connectivity index (χ4v) is 4.54. The lowest BCUT2D eigenvalue weighted by molar-refractivity contribution is -0.120. The van der Waals surface area contributed by atoms with Crippen LogP contribution in [0.2, 0.25) is 0 Å². The quantitative estimate of drug-likeness (QED) is 0.321. The number of nitrogens with one attached hydrogen (secondary N) is 2. The molecule has 0 fully saturated rings. The SMILES string of the molecule is CC=NC=NC.CCCCNC(=O)c1ccc2c(c1)N(Cc1ccc(C)cc1)C(=O)[C@@H](NC)CS2. The van der Waals surface area contributed by atoms with E-state index in [4.69, 9.17) is 0 Å². The highest BCUT2D eigenvalue weighted by atomic mass is 32.2. The highest BCUT2D eigenvalue weighted by Crippen LogP contribution is 2.36. The number of anilines is 1. The maximum atomic E-state index is 13.3. The summed E-state index contributed by atoms with van der Waals surface area (Å²) in [5, 5.41) is 6.10. The summed E-state index contributed by atoms with van der Waals surface area (Å²) in [5.41, 5.74) is 3.65. The van der Waals surface area contributed by atoms with Gasteiger partial charge in [-0.15, -0.1) is 11.8 Å². The maximum absolute atomic E-state index is 13.3. The van der Waals surface area contributed by atoms with Gasteiger partial charge in [0.1, 0.15) is 6.34 Å². The number of likely N-dealkylation sites (N-methyl/N-ethyl adjacent to an activating group) is 1. The number of nitrogens with zero attached hydrogens (tertiary/aromatic N) is 3. The predicted octanol–water partition coefficient (Wildman–Crippen LogP) is 4.49. The first-order chi connectivity index (χ1) is 16.9. The van der Waals surface area contributed by atoms with Crippen LogP contribution in [0.15, 0.2) is 57.3 Å². The first-order valence-electron chi connectivity index (χ1n) is 11.9. The Bertz CT molecular complexity index is 1010. The summed E-state index contributed by atoms with van der Waals surface area (Å²) >= 11 is 1.65. The number of fused-ring (bicyclic) bond motifs is 1. The third-order valence-corrected chi connectivity index (χ3v) is 6.59. The summed E-state index contributed by atoms with van der Waals surface area (Å²) in [6, 6.07) is 13.6. The number of carbonyl (C=O) groups is 2. The Hall–Kier alpha value is -2.97. The van der Waals surface area contributed by atoms with Crippen molar-refractivity contribution in [2.24, 2.45) is 9.98 Å². The van der Waals surface area contributed by atoms with Crippen LogP contribution in [-0.4, -0.2) is 56.8 Å². The second-order valence-corrected chi connectivity index (χ2v) is 9.20. The number of carbonyl (C=O) groups excluding carboxylic acids is 2. The molecule has 35 heavy (non-hydrogen) atoms. The van der Waals surface area contributed by atoms with Gasteiger partial charge in [-0.1, -0.05) is 43.2 Å². The van der Waals surface area contributed by atoms with Crippen LogP contribution in [0.25, 0.3) is 0 Å². The van der Waals surface area contributed by atoms with E-state index in [1.807, 2.05) is 44.0 Å². The Balaban J connectivity index is 0.000000641. The van der Waals surface area contributed by atoms with Gasteiger partial charge >= 0.3 is 0 Å². The van der Waals surface area contributed by atoms with E-state index >= 15 is 0 Å². The zero-order valence-electron chi connectivity index (χ0n) is 21.4. The third kappa shape index (κ3) is 8.64. The Kier molecular flexibility index (Phi) is 12.2. The molecule has 0 bridgehead atoms. The first kappa shape index (κ1) is 28.3. The van der Waals surface area contributed by atoms with E-state index in [1.165, 1.54) is 11.9 Å². The topological polar surface area (TPSA) is 86.2 Å². The molecule has 2 N–H and O–H groups in total. The molecule has 0 spiro atoms. The molecule has 0 aliphatic carbocycles. The molecule has 188 valence electrons. The van der Waals surface area contributed by atoms with Gasteiger partial charge in [0.15, 0.2) is 0 Å². The molecule has 3 rings (SSSR count). The van der Waals surface area contributed by atoms with E-state index in [0.717, 1.165) is 29.0 Å². The average molecular weight is 496 g/mol. The van der Waals surface area contributed by atoms with Gasteiger partial charge < -0.3 is 15.5 Å². The molecule has 1 aliphatic rings. The molecule has 7 nitrogen and oxygen atoms in total. The van der Waals surface area contributed by atoms with Crippen molar-refractivity contribution in [3.63, 3.8) is 0 Å². The van der Waals surface area contributed by atoms with Crippen molar-refractivity contribution in [1.29, 1.82) is 0 Å². The van der Waals surface area contributed by atoms with Crippen LogP contribution < -0.4 is 15.5 Å². The van der Waals surface area contributed by atoms with Crippen LogP contribution in [0.3, 0.4) is 0 Å². The summed E-state index contributed by atoms with van der Waals surface area (Å²) in [7, 11) is 3.50. The maximum Gasteiger partial charge on any atom is 0.251 e. The molecule has 2 aromatic rings. The van der Waals surface area contributed by atoms with Crippen molar-refractivity contribution in [2.45, 2.75) is 51.1 Å². The van der Waals surface area contributed by atoms with Crippen molar-refractivity contribution in [1.82, 2.24) is 10.6 Å². The number of rotatable bonds is 8. The normalized spacial score (nSPS) is 15.5. The van der Waals surface area contributed by atoms with Crippen LogP contribution in [-0.2, 0) is 11.3 Å². The molecule has 8 heteroatoms. The lowest BCUT2D eigenvalue weighted by atomic mass is 10.1. The number of hydrogen-bond acceptors (Lipinski definition) is 5. The number of aryl methyl sites for hydroxylation is 1. The summed E-state index contributed by atoms with van der Waals surface area (Å²) in [6.07, 6.45) is 5.17. The van der Waals surface area contributed by atoms with E-state index in [9.17, 15) is 9.59 Å². The van der Waals surface area contributed by atoms with E-state index in [0.29, 0.717) is 24.4 Å². The molecule has 0 saturated heterocycles.